The number of nitrogens with one attached hydrogen (secondary N) is 1. The Balaban J connectivity index is 1.70. The van der Waals surface area contributed by atoms with E-state index in [1.54, 1.807) is 0 Å². The number of fused-ring (bicyclic) bond motifs is 1. The second kappa shape index (κ2) is 5.83. The Kier molecular flexibility index (Phi) is 3.92. The number of amides is 1. The van der Waals surface area contributed by atoms with Crippen molar-refractivity contribution in [3.05, 3.63) is 29.8 Å². The highest BCUT2D eigenvalue weighted by Gasteiger charge is 2.31. The summed E-state index contributed by atoms with van der Waals surface area (Å²) in [7, 11) is 0. The average Bonchev–Trinajstić information content (AvgIpc) is 2.48. The summed E-state index contributed by atoms with van der Waals surface area (Å²) in [6, 6.07) is 8.00. The van der Waals surface area contributed by atoms with Gasteiger partial charge in [-0.1, -0.05) is 31.0 Å². The van der Waals surface area contributed by atoms with Gasteiger partial charge in [-0.2, -0.15) is 0 Å². The van der Waals surface area contributed by atoms with Crippen molar-refractivity contribution in [2.75, 3.05) is 6.61 Å². The van der Waals surface area contributed by atoms with Gasteiger partial charge in [0.2, 0.25) is 5.91 Å². The van der Waals surface area contributed by atoms with E-state index in [1.807, 2.05) is 24.3 Å². The van der Waals surface area contributed by atoms with Gasteiger partial charge in [-0.3, -0.25) is 4.79 Å². The van der Waals surface area contributed by atoms with Crippen LogP contribution < -0.4 is 15.8 Å². The third-order valence-electron chi connectivity index (χ3n) is 4.43. The van der Waals surface area contributed by atoms with E-state index in [4.69, 9.17) is 10.5 Å². The molecule has 1 amide bonds. The highest BCUT2D eigenvalue weighted by Crippen LogP contribution is 2.32. The molecule has 2 aliphatic rings. The van der Waals surface area contributed by atoms with Gasteiger partial charge < -0.3 is 15.8 Å². The van der Waals surface area contributed by atoms with E-state index < -0.39 is 0 Å². The Morgan fingerprint density at radius 3 is 2.85 bits per heavy atom. The molecule has 0 radical (unpaired) electrons. The van der Waals surface area contributed by atoms with Crippen molar-refractivity contribution in [2.24, 2.45) is 11.7 Å². The summed E-state index contributed by atoms with van der Waals surface area (Å²) in [5.74, 6) is 0.967. The smallest absolute Gasteiger partial charge is 0.225 e. The van der Waals surface area contributed by atoms with E-state index in [1.165, 1.54) is 0 Å². The highest BCUT2D eigenvalue weighted by molar-refractivity contribution is 5.80. The predicted octanol–water partition coefficient (Wildman–Crippen LogP) is 2.14. The molecule has 0 saturated heterocycles. The molecule has 1 heterocycles. The topological polar surface area (TPSA) is 64.4 Å². The van der Waals surface area contributed by atoms with Gasteiger partial charge in [-0.15, -0.1) is 0 Å². The van der Waals surface area contributed by atoms with Crippen LogP contribution in [0.5, 0.6) is 5.75 Å². The second-order valence-electron chi connectivity index (χ2n) is 5.79. The molecule has 1 aliphatic carbocycles. The van der Waals surface area contributed by atoms with Crippen molar-refractivity contribution in [3.8, 4) is 5.75 Å². The normalized spacial score (nSPS) is 29.1. The number of hydrogen-bond donors (Lipinski definition) is 2. The third-order valence-corrected chi connectivity index (χ3v) is 4.43. The molecule has 1 aromatic carbocycles. The zero-order chi connectivity index (χ0) is 13.9. The zero-order valence-electron chi connectivity index (χ0n) is 11.7. The first-order valence-corrected chi connectivity index (χ1v) is 7.53. The van der Waals surface area contributed by atoms with Crippen molar-refractivity contribution in [1.82, 2.24) is 5.32 Å². The van der Waals surface area contributed by atoms with Crippen molar-refractivity contribution in [3.63, 3.8) is 0 Å². The summed E-state index contributed by atoms with van der Waals surface area (Å²) in [6.07, 6.45) is 4.95. The number of hydrogen-bond acceptors (Lipinski definition) is 3. The van der Waals surface area contributed by atoms with Crippen LogP contribution in [-0.2, 0) is 4.79 Å². The maximum atomic E-state index is 12.5. The minimum Gasteiger partial charge on any atom is -0.493 e. The maximum Gasteiger partial charge on any atom is 0.225 e. The molecule has 4 nitrogen and oxygen atoms in total. The molecule has 3 rings (SSSR count). The Labute approximate surface area is 119 Å². The van der Waals surface area contributed by atoms with Crippen molar-refractivity contribution in [1.29, 1.82) is 0 Å². The van der Waals surface area contributed by atoms with E-state index in [9.17, 15) is 4.79 Å². The summed E-state index contributed by atoms with van der Waals surface area (Å²) < 4.78 is 5.63. The van der Waals surface area contributed by atoms with Gasteiger partial charge in [0.1, 0.15) is 5.75 Å². The molecular weight excluding hydrogens is 252 g/mol. The minimum absolute atomic E-state index is 0.0128. The Bertz CT molecular complexity index is 489. The molecule has 3 unspecified atom stereocenters. The molecule has 0 spiro atoms. The van der Waals surface area contributed by atoms with Crippen LogP contribution in [0.25, 0.3) is 0 Å². The standard InChI is InChI=1S/C16H22N2O2/c17-13-7-3-1-5-11(13)16(19)18-14-9-10-20-15-8-4-2-6-12(14)15/h2,4,6,8,11,13-14H,1,3,5,7,9-10,17H2,(H,18,19). The first kappa shape index (κ1) is 13.4. The molecule has 1 aliphatic heterocycles. The van der Waals surface area contributed by atoms with Gasteiger partial charge in [-0.25, -0.2) is 0 Å². The number of rotatable bonds is 2. The van der Waals surface area contributed by atoms with E-state index in [-0.39, 0.29) is 23.9 Å². The molecule has 3 atom stereocenters. The molecule has 1 aromatic rings. The predicted molar refractivity (Wildman–Crippen MR) is 77.4 cm³/mol. The number of carbonyl (C=O) groups excluding carboxylic acids is 1. The van der Waals surface area contributed by atoms with E-state index in [2.05, 4.69) is 5.32 Å². The molecule has 1 fully saturated rings. The van der Waals surface area contributed by atoms with Crippen LogP contribution in [0.3, 0.4) is 0 Å². The van der Waals surface area contributed by atoms with Crippen LogP contribution in [0.4, 0.5) is 0 Å². The van der Waals surface area contributed by atoms with Crippen LogP contribution in [0, 0.1) is 5.92 Å². The molecule has 4 heteroatoms. The number of para-hydroxylation sites is 1. The van der Waals surface area contributed by atoms with Gasteiger partial charge in [0.15, 0.2) is 0 Å². The second-order valence-corrected chi connectivity index (χ2v) is 5.79. The Morgan fingerprint density at radius 2 is 2.00 bits per heavy atom. The molecule has 3 N–H and O–H groups in total. The fraction of sp³-hybridized carbons (Fsp3) is 0.562. The van der Waals surface area contributed by atoms with Gasteiger partial charge in [0.25, 0.3) is 0 Å². The maximum absolute atomic E-state index is 12.5. The molecule has 108 valence electrons. The lowest BCUT2D eigenvalue weighted by Gasteiger charge is -2.31. The summed E-state index contributed by atoms with van der Waals surface area (Å²) in [5, 5.41) is 3.18. The third kappa shape index (κ3) is 2.66. The molecule has 20 heavy (non-hydrogen) atoms. The van der Waals surface area contributed by atoms with Crippen LogP contribution in [0.1, 0.15) is 43.7 Å². The van der Waals surface area contributed by atoms with Gasteiger partial charge >= 0.3 is 0 Å². The van der Waals surface area contributed by atoms with Crippen LogP contribution in [0.2, 0.25) is 0 Å². The molecular formula is C16H22N2O2. The van der Waals surface area contributed by atoms with Crippen molar-refractivity contribution < 1.29 is 9.53 Å². The number of nitrogens with two attached hydrogens (primary N) is 1. The molecule has 0 bridgehead atoms. The van der Waals surface area contributed by atoms with Crippen molar-refractivity contribution in [2.45, 2.75) is 44.2 Å². The highest BCUT2D eigenvalue weighted by atomic mass is 16.5. The van der Waals surface area contributed by atoms with E-state index >= 15 is 0 Å². The van der Waals surface area contributed by atoms with Crippen LogP contribution in [0.15, 0.2) is 24.3 Å². The lowest BCUT2D eigenvalue weighted by molar-refractivity contribution is -0.127. The van der Waals surface area contributed by atoms with Gasteiger partial charge in [0, 0.05) is 18.0 Å². The Hall–Kier alpha value is -1.55. The summed E-state index contributed by atoms with van der Waals surface area (Å²) in [5.41, 5.74) is 7.17. The number of ether oxygens (including phenoxy) is 1. The minimum atomic E-state index is -0.0289. The zero-order valence-corrected chi connectivity index (χ0v) is 11.7. The van der Waals surface area contributed by atoms with Gasteiger partial charge in [-0.05, 0) is 18.9 Å². The first-order chi connectivity index (χ1) is 9.75. The monoisotopic (exact) mass is 274 g/mol. The van der Waals surface area contributed by atoms with Crippen LogP contribution >= 0.6 is 0 Å². The van der Waals surface area contributed by atoms with Crippen LogP contribution in [-0.4, -0.2) is 18.6 Å². The lowest BCUT2D eigenvalue weighted by Crippen LogP contribution is -2.45. The largest absolute Gasteiger partial charge is 0.493 e. The molecule has 1 saturated carbocycles. The number of benzene rings is 1. The average molecular weight is 274 g/mol. The first-order valence-electron chi connectivity index (χ1n) is 7.53. The summed E-state index contributed by atoms with van der Waals surface area (Å²) in [4.78, 5) is 12.5. The molecule has 0 aromatic heterocycles. The summed E-state index contributed by atoms with van der Waals surface area (Å²) >= 11 is 0. The fourth-order valence-corrected chi connectivity index (χ4v) is 3.26. The van der Waals surface area contributed by atoms with Crippen molar-refractivity contribution >= 4 is 5.91 Å². The SMILES string of the molecule is NC1CCCCC1C(=O)NC1CCOc2ccccc21. The van der Waals surface area contributed by atoms with Gasteiger partial charge in [0.05, 0.1) is 18.6 Å². The Morgan fingerprint density at radius 1 is 1.20 bits per heavy atom. The van der Waals surface area contributed by atoms with E-state index in [0.29, 0.717) is 6.61 Å². The summed E-state index contributed by atoms with van der Waals surface area (Å²) in [6.45, 7) is 0.651. The lowest BCUT2D eigenvalue weighted by atomic mass is 9.84. The number of carbonyl (C=O) groups is 1. The fourth-order valence-electron chi connectivity index (χ4n) is 3.26. The quantitative estimate of drug-likeness (QED) is 0.868. The van der Waals surface area contributed by atoms with E-state index in [0.717, 1.165) is 43.4 Å².